The Bertz CT molecular complexity index is 172. The summed E-state index contributed by atoms with van der Waals surface area (Å²) in [5.74, 6) is -0.368. The average molecular weight is 300 g/mol. The van der Waals surface area contributed by atoms with Gasteiger partial charge >= 0.3 is 5.97 Å². The van der Waals surface area contributed by atoms with Gasteiger partial charge in [0.25, 0.3) is 0 Å². The number of halogens is 1. The van der Waals surface area contributed by atoms with Crippen LogP contribution in [-0.2, 0) is 17.6 Å². The van der Waals surface area contributed by atoms with Gasteiger partial charge in [0.2, 0.25) is 0 Å². The molecule has 4 nitrogen and oxygen atoms in total. The molecule has 0 saturated heterocycles. The van der Waals surface area contributed by atoms with Crippen molar-refractivity contribution in [2.75, 3.05) is 7.11 Å². The molecule has 0 bridgehead atoms. The molecule has 0 amide bonds. The fraction of sp³-hybridized carbons (Fsp3) is 0.875. The van der Waals surface area contributed by atoms with Crippen molar-refractivity contribution in [3.05, 3.63) is 0 Å². The van der Waals surface area contributed by atoms with E-state index in [0.29, 0.717) is 0 Å². The lowest BCUT2D eigenvalue weighted by Crippen LogP contribution is -2.33. The molecule has 76 valence electrons. The quantitative estimate of drug-likeness (QED) is 0.454. The van der Waals surface area contributed by atoms with Gasteiger partial charge in [-0.2, -0.15) is 0 Å². The molecule has 0 aliphatic heterocycles. The third-order valence-corrected chi connectivity index (χ3v) is 2.74. The summed E-state index contributed by atoms with van der Waals surface area (Å²) < 4.78 is 4.66. The third kappa shape index (κ3) is 3.07. The topological polar surface area (TPSA) is 44.8 Å². The highest BCUT2D eigenvalue weighted by Crippen LogP contribution is 2.28. The van der Waals surface area contributed by atoms with Crippen LogP contribution in [0.1, 0.15) is 25.7 Å². The third-order valence-electron chi connectivity index (χ3n) is 2.30. The van der Waals surface area contributed by atoms with Gasteiger partial charge in [-0.25, -0.2) is 9.78 Å². The van der Waals surface area contributed by atoms with Crippen LogP contribution in [-0.4, -0.2) is 19.2 Å². The minimum absolute atomic E-state index is 0.138. The molecule has 1 aliphatic rings. The molecule has 5 heteroatoms. The van der Waals surface area contributed by atoms with Gasteiger partial charge in [-0.1, -0.05) is 12.8 Å². The Morgan fingerprint density at radius 2 is 2.08 bits per heavy atom. The number of carbonyl (C=O) groups excluding carboxylic acids is 1. The summed E-state index contributed by atoms with van der Waals surface area (Å²) in [6, 6.07) is 0. The van der Waals surface area contributed by atoms with Gasteiger partial charge in [-0.15, -0.1) is 0 Å². The molecule has 0 spiro atoms. The second kappa shape index (κ2) is 5.77. The first-order chi connectivity index (χ1) is 6.29. The molecule has 0 heterocycles. The first-order valence-electron chi connectivity index (χ1n) is 4.31. The predicted octanol–water partition coefficient (Wildman–Crippen LogP) is 2.02. The molecule has 2 atom stereocenters. The van der Waals surface area contributed by atoms with Crippen molar-refractivity contribution in [1.82, 2.24) is 0 Å². The number of hydrogen-bond donors (Lipinski definition) is 0. The van der Waals surface area contributed by atoms with Crippen LogP contribution in [0.25, 0.3) is 0 Å². The zero-order valence-corrected chi connectivity index (χ0v) is 9.65. The van der Waals surface area contributed by atoms with E-state index in [0.717, 1.165) is 25.7 Å². The van der Waals surface area contributed by atoms with E-state index in [1.807, 2.05) is 0 Å². The van der Waals surface area contributed by atoms with Crippen molar-refractivity contribution in [2.45, 2.75) is 31.8 Å². The highest BCUT2D eigenvalue weighted by atomic mass is 127. The number of carbonyl (C=O) groups is 1. The maximum atomic E-state index is 11.3. The predicted molar refractivity (Wildman–Crippen MR) is 54.0 cm³/mol. The zero-order chi connectivity index (χ0) is 9.68. The Labute approximate surface area is 91.5 Å². The number of rotatable bonds is 3. The Kier molecular flexibility index (Phi) is 4.97. The van der Waals surface area contributed by atoms with Gasteiger partial charge in [0, 0.05) is 0 Å². The minimum atomic E-state index is -0.206. The molecule has 0 aromatic rings. The lowest BCUT2D eigenvalue weighted by Gasteiger charge is -2.27. The summed E-state index contributed by atoms with van der Waals surface area (Å²) in [6.45, 7) is 0. The van der Waals surface area contributed by atoms with Crippen LogP contribution in [0, 0.1) is 5.92 Å². The van der Waals surface area contributed by atoms with Gasteiger partial charge in [0.1, 0.15) is 6.10 Å². The minimum Gasteiger partial charge on any atom is -0.394 e. The van der Waals surface area contributed by atoms with E-state index in [4.69, 9.17) is 4.89 Å². The molecular formula is C8H13IO4. The van der Waals surface area contributed by atoms with E-state index < -0.39 is 0 Å². The van der Waals surface area contributed by atoms with Crippen LogP contribution in [0.3, 0.4) is 0 Å². The summed E-state index contributed by atoms with van der Waals surface area (Å²) in [5.41, 5.74) is 0. The molecule has 0 aromatic carbocycles. The molecule has 2 unspecified atom stereocenters. The van der Waals surface area contributed by atoms with E-state index in [1.165, 1.54) is 7.11 Å². The molecule has 1 saturated carbocycles. The van der Waals surface area contributed by atoms with E-state index in [1.54, 1.807) is 23.0 Å². The maximum Gasteiger partial charge on any atom is 0.321 e. The molecule has 1 fully saturated rings. The Morgan fingerprint density at radius 3 is 2.69 bits per heavy atom. The van der Waals surface area contributed by atoms with E-state index >= 15 is 0 Å². The Hall–Kier alpha value is 0.120. The van der Waals surface area contributed by atoms with Crippen LogP contribution in [0.15, 0.2) is 0 Å². The van der Waals surface area contributed by atoms with Crippen molar-refractivity contribution in [3.8, 4) is 0 Å². The van der Waals surface area contributed by atoms with E-state index in [2.05, 4.69) is 7.95 Å². The van der Waals surface area contributed by atoms with Gasteiger partial charge in [0.15, 0.2) is 23.0 Å². The molecular weight excluding hydrogens is 287 g/mol. The van der Waals surface area contributed by atoms with Gasteiger partial charge in [0.05, 0.1) is 13.0 Å². The molecule has 1 aliphatic carbocycles. The summed E-state index contributed by atoms with van der Waals surface area (Å²) in [4.78, 5) is 20.9. The summed E-state index contributed by atoms with van der Waals surface area (Å²) in [6.07, 6.45) is 3.69. The van der Waals surface area contributed by atoms with Crippen LogP contribution >= 0.6 is 23.0 Å². The Balaban J connectivity index is 2.50. The first-order valence-corrected chi connectivity index (χ1v) is 5.19. The molecule has 13 heavy (non-hydrogen) atoms. The van der Waals surface area contributed by atoms with Crippen LogP contribution < -0.4 is 0 Å². The highest BCUT2D eigenvalue weighted by molar-refractivity contribution is 14.1. The van der Waals surface area contributed by atoms with E-state index in [-0.39, 0.29) is 18.0 Å². The monoisotopic (exact) mass is 300 g/mol. The number of hydrogen-bond acceptors (Lipinski definition) is 4. The lowest BCUT2D eigenvalue weighted by atomic mass is 9.87. The van der Waals surface area contributed by atoms with Gasteiger partial charge in [-0.05, 0) is 12.8 Å². The van der Waals surface area contributed by atoms with Crippen molar-refractivity contribution >= 4 is 29.0 Å². The fourth-order valence-electron chi connectivity index (χ4n) is 1.66. The maximum absolute atomic E-state index is 11.3. The highest BCUT2D eigenvalue weighted by Gasteiger charge is 2.33. The van der Waals surface area contributed by atoms with Crippen LogP contribution in [0.5, 0.6) is 0 Å². The second-order valence-electron chi connectivity index (χ2n) is 3.09. The molecule has 0 N–H and O–H groups in total. The normalized spacial score (nSPS) is 28.5. The first kappa shape index (κ1) is 11.2. The second-order valence-corrected chi connectivity index (χ2v) is 3.53. The Morgan fingerprint density at radius 1 is 1.38 bits per heavy atom. The van der Waals surface area contributed by atoms with Crippen molar-refractivity contribution < 1.29 is 17.6 Å². The SMILES string of the molecule is COOC1CCCCC1C(=O)OI. The fourth-order valence-corrected chi connectivity index (χ4v) is 1.99. The standard InChI is InChI=1S/C8H13IO4/c1-11-13-7-5-3-2-4-6(7)8(10)12-9/h6-7H,2-5H2,1H3. The smallest absolute Gasteiger partial charge is 0.321 e. The molecule has 1 rings (SSSR count). The van der Waals surface area contributed by atoms with E-state index in [9.17, 15) is 4.79 Å². The molecule has 0 aromatic heterocycles. The van der Waals surface area contributed by atoms with Crippen LogP contribution in [0.2, 0.25) is 0 Å². The van der Waals surface area contributed by atoms with Gasteiger partial charge in [-0.3, -0.25) is 4.79 Å². The summed E-state index contributed by atoms with van der Waals surface area (Å²) >= 11 is 1.61. The average Bonchev–Trinajstić information content (AvgIpc) is 2.18. The lowest BCUT2D eigenvalue weighted by molar-refractivity contribution is -0.317. The zero-order valence-electron chi connectivity index (χ0n) is 7.49. The van der Waals surface area contributed by atoms with Crippen LogP contribution in [0.4, 0.5) is 0 Å². The summed E-state index contributed by atoms with van der Waals surface area (Å²) in [5, 5.41) is 0. The van der Waals surface area contributed by atoms with Crippen molar-refractivity contribution in [2.24, 2.45) is 5.92 Å². The van der Waals surface area contributed by atoms with Crippen molar-refractivity contribution in [1.29, 1.82) is 0 Å². The van der Waals surface area contributed by atoms with Crippen molar-refractivity contribution in [3.63, 3.8) is 0 Å². The van der Waals surface area contributed by atoms with Gasteiger partial charge < -0.3 is 3.07 Å². The molecule has 0 radical (unpaired) electrons. The largest absolute Gasteiger partial charge is 0.394 e. The summed E-state index contributed by atoms with van der Waals surface area (Å²) in [7, 11) is 1.46.